The predicted molar refractivity (Wildman–Crippen MR) is 149 cm³/mol. The van der Waals surface area contributed by atoms with E-state index in [4.69, 9.17) is 4.42 Å². The van der Waals surface area contributed by atoms with Gasteiger partial charge in [-0.05, 0) is 117 Å². The number of furan rings is 1. The Morgan fingerprint density at radius 3 is 2.53 bits per heavy atom. The van der Waals surface area contributed by atoms with Crippen LogP contribution in [-0.4, -0.2) is 5.78 Å². The summed E-state index contributed by atoms with van der Waals surface area (Å²) in [4.78, 5) is 13.7. The second-order valence-corrected chi connectivity index (χ2v) is 14.5. The molecule has 198 valence electrons. The normalized spacial score (nSPS) is 39.5. The van der Waals surface area contributed by atoms with Gasteiger partial charge in [0.25, 0.3) is 0 Å². The Balaban J connectivity index is 1.42. The first-order chi connectivity index (χ1) is 17.0. The zero-order chi connectivity index (χ0) is 25.9. The van der Waals surface area contributed by atoms with Gasteiger partial charge >= 0.3 is 0 Å². The Bertz CT molecular complexity index is 1020. The van der Waals surface area contributed by atoms with E-state index >= 15 is 0 Å². The Morgan fingerprint density at radius 1 is 1.06 bits per heavy atom. The Kier molecular flexibility index (Phi) is 6.74. The second kappa shape index (κ2) is 9.32. The van der Waals surface area contributed by atoms with Crippen molar-refractivity contribution in [2.75, 3.05) is 0 Å². The SMILES string of the molecule is CC(C)CCC[C@H](C)[C@@H]1CC[C@@H]2[C@H]3CC=C4C(C)(C)C(=O)/C(=C\c5ccco5)C[C@]4(C)[C@@H]3CC[C@]21C. The Hall–Kier alpha value is -1.57. The molecule has 0 unspecified atom stereocenters. The van der Waals surface area contributed by atoms with Crippen molar-refractivity contribution >= 4 is 11.9 Å². The predicted octanol–water partition coefficient (Wildman–Crippen LogP) is 9.52. The van der Waals surface area contributed by atoms with E-state index in [1.165, 1.54) is 56.9 Å². The van der Waals surface area contributed by atoms with Crippen molar-refractivity contribution in [3.05, 3.63) is 41.4 Å². The molecule has 0 N–H and O–H groups in total. The first-order valence-electron chi connectivity index (χ1n) is 15.0. The van der Waals surface area contributed by atoms with E-state index in [1.807, 2.05) is 18.2 Å². The molecule has 1 aromatic rings. The molecule has 0 bridgehead atoms. The number of carbonyl (C=O) groups excluding carboxylic acids is 1. The maximum Gasteiger partial charge on any atom is 0.168 e. The molecule has 0 radical (unpaired) electrons. The van der Waals surface area contributed by atoms with Crippen molar-refractivity contribution in [1.29, 1.82) is 0 Å². The molecule has 1 aromatic heterocycles. The summed E-state index contributed by atoms with van der Waals surface area (Å²) in [5, 5.41) is 0. The van der Waals surface area contributed by atoms with Crippen molar-refractivity contribution in [2.24, 2.45) is 51.8 Å². The van der Waals surface area contributed by atoms with Crippen LogP contribution in [0.25, 0.3) is 6.08 Å². The van der Waals surface area contributed by atoms with Crippen molar-refractivity contribution in [3.63, 3.8) is 0 Å². The molecule has 3 saturated carbocycles. The molecule has 4 aliphatic carbocycles. The molecule has 3 fully saturated rings. The van der Waals surface area contributed by atoms with E-state index in [1.54, 1.807) is 6.26 Å². The van der Waals surface area contributed by atoms with E-state index in [0.717, 1.165) is 47.3 Å². The molecule has 0 saturated heterocycles. The molecular formula is C34H50O2. The summed E-state index contributed by atoms with van der Waals surface area (Å²) in [7, 11) is 0. The molecule has 0 aliphatic heterocycles. The average molecular weight is 491 g/mol. The largest absolute Gasteiger partial charge is 0.465 e. The van der Waals surface area contributed by atoms with E-state index in [0.29, 0.717) is 11.3 Å². The van der Waals surface area contributed by atoms with Crippen molar-refractivity contribution < 1.29 is 9.21 Å². The molecule has 5 rings (SSSR count). The molecule has 0 aromatic carbocycles. The van der Waals surface area contributed by atoms with E-state index in [-0.39, 0.29) is 11.2 Å². The summed E-state index contributed by atoms with van der Waals surface area (Å²) in [5.74, 6) is 5.92. The van der Waals surface area contributed by atoms with Gasteiger partial charge in [-0.2, -0.15) is 0 Å². The number of hydrogen-bond acceptors (Lipinski definition) is 2. The Morgan fingerprint density at radius 2 is 1.83 bits per heavy atom. The van der Waals surface area contributed by atoms with Gasteiger partial charge in [0, 0.05) is 11.0 Å². The van der Waals surface area contributed by atoms with E-state index in [2.05, 4.69) is 54.5 Å². The number of fused-ring (bicyclic) bond motifs is 5. The van der Waals surface area contributed by atoms with Crippen LogP contribution in [0.2, 0.25) is 0 Å². The number of ketones is 1. The number of Topliss-reactive ketones (excluding diaryl/α,β-unsaturated/α-hetero) is 1. The van der Waals surface area contributed by atoms with Crippen molar-refractivity contribution in [3.8, 4) is 0 Å². The summed E-state index contributed by atoms with van der Waals surface area (Å²) in [6.45, 7) is 16.8. The van der Waals surface area contributed by atoms with Gasteiger partial charge in [0.05, 0.1) is 6.26 Å². The molecule has 1 heterocycles. The summed E-state index contributed by atoms with van der Waals surface area (Å²) >= 11 is 0. The Labute approximate surface area is 220 Å². The molecule has 0 amide bonds. The van der Waals surface area contributed by atoms with Crippen LogP contribution in [0.5, 0.6) is 0 Å². The zero-order valence-electron chi connectivity index (χ0n) is 24.0. The molecule has 4 aliphatic rings. The minimum Gasteiger partial charge on any atom is -0.465 e. The average Bonchev–Trinajstić information content (AvgIpc) is 3.44. The molecule has 7 atom stereocenters. The maximum atomic E-state index is 13.7. The molecule has 2 nitrogen and oxygen atoms in total. The minimum atomic E-state index is -0.430. The van der Waals surface area contributed by atoms with Crippen LogP contribution >= 0.6 is 0 Å². The lowest BCUT2D eigenvalue weighted by Gasteiger charge is -2.60. The lowest BCUT2D eigenvalue weighted by molar-refractivity contribution is -0.126. The van der Waals surface area contributed by atoms with Crippen LogP contribution in [0.4, 0.5) is 0 Å². The lowest BCUT2D eigenvalue weighted by atomic mass is 9.44. The fraction of sp³-hybridized carbons (Fsp3) is 0.735. The highest BCUT2D eigenvalue weighted by atomic mass is 16.3. The van der Waals surface area contributed by atoms with Crippen LogP contribution < -0.4 is 0 Å². The fourth-order valence-corrected chi connectivity index (χ4v) is 9.98. The van der Waals surface area contributed by atoms with Crippen LogP contribution in [0, 0.1) is 51.8 Å². The van der Waals surface area contributed by atoms with Gasteiger partial charge in [-0.1, -0.05) is 65.5 Å². The van der Waals surface area contributed by atoms with Gasteiger partial charge in [-0.3, -0.25) is 4.79 Å². The molecule has 36 heavy (non-hydrogen) atoms. The van der Waals surface area contributed by atoms with Gasteiger partial charge in [-0.15, -0.1) is 0 Å². The number of rotatable bonds is 6. The third kappa shape index (κ3) is 4.10. The van der Waals surface area contributed by atoms with Crippen LogP contribution in [0.15, 0.2) is 40.0 Å². The number of carbonyl (C=O) groups is 1. The molecule has 0 spiro atoms. The molecule has 2 heteroatoms. The first-order valence-corrected chi connectivity index (χ1v) is 15.0. The number of allylic oxidation sites excluding steroid dienone is 3. The standard InChI is InChI=1S/C34H50O2/c1-22(2)10-8-11-23(3)27-14-15-28-26-13-16-30-32(4,5)31(35)24(20-25-12-9-19-36-25)21-34(30,7)29(26)17-18-33(27,28)6/h9,12,16,19-20,22-23,26-29H,8,10-11,13-15,17-18,21H2,1-7H3/b24-20-/t23-,26+,27-,28+,29+,33-,34+/m0/s1. The smallest absolute Gasteiger partial charge is 0.168 e. The molecular weight excluding hydrogens is 440 g/mol. The fourth-order valence-electron chi connectivity index (χ4n) is 9.98. The minimum absolute atomic E-state index is 0.0705. The second-order valence-electron chi connectivity index (χ2n) is 14.5. The summed E-state index contributed by atoms with van der Waals surface area (Å²) < 4.78 is 5.63. The van der Waals surface area contributed by atoms with Crippen LogP contribution in [0.1, 0.15) is 112 Å². The highest BCUT2D eigenvalue weighted by Gasteiger charge is 2.61. The van der Waals surface area contributed by atoms with E-state index in [9.17, 15) is 4.79 Å². The summed E-state index contributed by atoms with van der Waals surface area (Å²) in [5.41, 5.74) is 2.53. The van der Waals surface area contributed by atoms with Gasteiger partial charge in [0.15, 0.2) is 5.78 Å². The first kappa shape index (κ1) is 26.1. The number of hydrogen-bond donors (Lipinski definition) is 0. The third-order valence-electron chi connectivity index (χ3n) is 11.6. The third-order valence-corrected chi connectivity index (χ3v) is 11.6. The lowest BCUT2D eigenvalue weighted by Crippen LogP contribution is -2.54. The highest BCUT2D eigenvalue weighted by molar-refractivity contribution is 6.06. The topological polar surface area (TPSA) is 30.2 Å². The summed E-state index contributed by atoms with van der Waals surface area (Å²) in [6.07, 6.45) is 18.0. The van der Waals surface area contributed by atoms with E-state index < -0.39 is 5.41 Å². The monoisotopic (exact) mass is 490 g/mol. The van der Waals surface area contributed by atoms with Crippen molar-refractivity contribution in [1.82, 2.24) is 0 Å². The van der Waals surface area contributed by atoms with Gasteiger partial charge in [-0.25, -0.2) is 0 Å². The summed E-state index contributed by atoms with van der Waals surface area (Å²) in [6, 6.07) is 3.88. The van der Waals surface area contributed by atoms with Crippen molar-refractivity contribution in [2.45, 2.75) is 106 Å². The van der Waals surface area contributed by atoms with Gasteiger partial charge in [0.2, 0.25) is 0 Å². The highest BCUT2D eigenvalue weighted by Crippen LogP contribution is 2.69. The zero-order valence-corrected chi connectivity index (χ0v) is 24.0. The quantitative estimate of drug-likeness (QED) is 0.293. The van der Waals surface area contributed by atoms with Gasteiger partial charge < -0.3 is 4.42 Å². The van der Waals surface area contributed by atoms with Crippen LogP contribution in [0.3, 0.4) is 0 Å². The van der Waals surface area contributed by atoms with Crippen LogP contribution in [-0.2, 0) is 4.79 Å². The maximum absolute atomic E-state index is 13.7. The van der Waals surface area contributed by atoms with Gasteiger partial charge in [0.1, 0.15) is 5.76 Å².